The number of hydrogen-bond donors (Lipinski definition) is 0. The van der Waals surface area contributed by atoms with Crippen molar-refractivity contribution in [2.75, 3.05) is 31.2 Å². The number of hydrogen-bond acceptors (Lipinski definition) is 6. The summed E-state index contributed by atoms with van der Waals surface area (Å²) in [6, 6.07) is 9.91. The molecule has 1 fully saturated rings. The molecule has 0 aliphatic carbocycles. The average molecular weight is 357 g/mol. The topological polar surface area (TPSA) is 67.0 Å². The molecule has 2 aromatic rings. The molecule has 1 aliphatic heterocycles. The van der Waals surface area contributed by atoms with E-state index in [-0.39, 0.29) is 0 Å². The van der Waals surface area contributed by atoms with Gasteiger partial charge in [-0.1, -0.05) is 37.7 Å². The van der Waals surface area contributed by atoms with E-state index in [9.17, 15) is 0 Å². The molecule has 0 amide bonds. The SMILES string of the molecule is CC(C)Cn1c(SCc2cccc(C#N)c2)nnc1N1CCOCC1. The Bertz CT molecular complexity index is 746. The summed E-state index contributed by atoms with van der Waals surface area (Å²) in [5.74, 6) is 2.22. The van der Waals surface area contributed by atoms with Gasteiger partial charge < -0.3 is 9.64 Å². The van der Waals surface area contributed by atoms with Crippen molar-refractivity contribution in [3.8, 4) is 6.07 Å². The highest BCUT2D eigenvalue weighted by molar-refractivity contribution is 7.98. The van der Waals surface area contributed by atoms with Crippen LogP contribution in [0.3, 0.4) is 0 Å². The van der Waals surface area contributed by atoms with Crippen LogP contribution >= 0.6 is 11.8 Å². The fourth-order valence-corrected chi connectivity index (χ4v) is 3.67. The maximum atomic E-state index is 9.04. The van der Waals surface area contributed by atoms with Crippen LogP contribution in [0.1, 0.15) is 25.0 Å². The van der Waals surface area contributed by atoms with Crippen molar-refractivity contribution < 1.29 is 4.74 Å². The van der Waals surface area contributed by atoms with E-state index in [1.807, 2.05) is 24.3 Å². The molecule has 1 aliphatic rings. The van der Waals surface area contributed by atoms with Crippen LogP contribution < -0.4 is 4.90 Å². The number of aromatic nitrogens is 3. The Morgan fingerprint density at radius 3 is 2.80 bits per heavy atom. The molecule has 25 heavy (non-hydrogen) atoms. The molecule has 0 unspecified atom stereocenters. The van der Waals surface area contributed by atoms with Crippen molar-refractivity contribution in [3.63, 3.8) is 0 Å². The summed E-state index contributed by atoms with van der Waals surface area (Å²) in [6.45, 7) is 8.47. The maximum Gasteiger partial charge on any atom is 0.228 e. The molecule has 132 valence electrons. The average Bonchev–Trinajstić information content (AvgIpc) is 3.03. The summed E-state index contributed by atoms with van der Waals surface area (Å²) in [4.78, 5) is 2.25. The van der Waals surface area contributed by atoms with Crippen molar-refractivity contribution in [1.29, 1.82) is 5.26 Å². The molecule has 0 spiro atoms. The predicted molar refractivity (Wildman–Crippen MR) is 98.6 cm³/mol. The number of benzene rings is 1. The van der Waals surface area contributed by atoms with Gasteiger partial charge in [-0.05, 0) is 23.6 Å². The van der Waals surface area contributed by atoms with Gasteiger partial charge in [0, 0.05) is 25.4 Å². The Morgan fingerprint density at radius 2 is 2.08 bits per heavy atom. The largest absolute Gasteiger partial charge is 0.378 e. The number of nitrogens with zero attached hydrogens (tertiary/aromatic N) is 5. The summed E-state index contributed by atoms with van der Waals surface area (Å²) in [5, 5.41) is 18.8. The minimum absolute atomic E-state index is 0.511. The predicted octanol–water partition coefficient (Wildman–Crippen LogP) is 2.93. The molecule has 0 saturated carbocycles. The van der Waals surface area contributed by atoms with Crippen molar-refractivity contribution in [1.82, 2.24) is 14.8 Å². The molecule has 1 aromatic carbocycles. The molecule has 2 heterocycles. The minimum Gasteiger partial charge on any atom is -0.378 e. The van der Waals surface area contributed by atoms with Crippen molar-refractivity contribution in [2.24, 2.45) is 5.92 Å². The lowest BCUT2D eigenvalue weighted by atomic mass is 10.2. The maximum absolute atomic E-state index is 9.04. The first-order valence-corrected chi connectivity index (χ1v) is 9.53. The Hall–Kier alpha value is -2.04. The van der Waals surface area contributed by atoms with Gasteiger partial charge in [0.15, 0.2) is 5.16 Å². The third-order valence-electron chi connectivity index (χ3n) is 3.96. The van der Waals surface area contributed by atoms with Crippen LogP contribution in [-0.2, 0) is 17.0 Å². The lowest BCUT2D eigenvalue weighted by Gasteiger charge is -2.28. The van der Waals surface area contributed by atoms with Crippen LogP contribution in [-0.4, -0.2) is 41.1 Å². The van der Waals surface area contributed by atoms with Crippen LogP contribution in [0.25, 0.3) is 0 Å². The fourth-order valence-electron chi connectivity index (χ4n) is 2.79. The number of anilines is 1. The van der Waals surface area contributed by atoms with Crippen LogP contribution in [0.4, 0.5) is 5.95 Å². The lowest BCUT2D eigenvalue weighted by Crippen LogP contribution is -2.38. The van der Waals surface area contributed by atoms with Gasteiger partial charge >= 0.3 is 0 Å². The second-order valence-corrected chi connectivity index (χ2v) is 7.43. The third-order valence-corrected chi connectivity index (χ3v) is 5.00. The highest BCUT2D eigenvalue weighted by Crippen LogP contribution is 2.27. The van der Waals surface area contributed by atoms with Gasteiger partial charge in [0.1, 0.15) is 0 Å². The highest BCUT2D eigenvalue weighted by Gasteiger charge is 2.21. The van der Waals surface area contributed by atoms with Gasteiger partial charge in [0.2, 0.25) is 5.95 Å². The monoisotopic (exact) mass is 357 g/mol. The Morgan fingerprint density at radius 1 is 1.28 bits per heavy atom. The Balaban J connectivity index is 1.77. The van der Waals surface area contributed by atoms with Crippen molar-refractivity contribution in [3.05, 3.63) is 35.4 Å². The van der Waals surface area contributed by atoms with E-state index >= 15 is 0 Å². The first-order chi connectivity index (χ1) is 12.2. The molecule has 0 radical (unpaired) electrons. The van der Waals surface area contributed by atoms with Gasteiger partial charge in [0.25, 0.3) is 0 Å². The molecule has 3 rings (SSSR count). The lowest BCUT2D eigenvalue weighted by molar-refractivity contribution is 0.121. The highest BCUT2D eigenvalue weighted by atomic mass is 32.2. The smallest absolute Gasteiger partial charge is 0.228 e. The van der Waals surface area contributed by atoms with Crippen molar-refractivity contribution >= 4 is 17.7 Å². The van der Waals surface area contributed by atoms with E-state index in [4.69, 9.17) is 10.00 Å². The zero-order valence-corrected chi connectivity index (χ0v) is 15.5. The number of ether oxygens (including phenoxy) is 1. The first-order valence-electron chi connectivity index (χ1n) is 8.55. The molecule has 1 saturated heterocycles. The van der Waals surface area contributed by atoms with Gasteiger partial charge in [-0.25, -0.2) is 0 Å². The zero-order valence-electron chi connectivity index (χ0n) is 14.7. The summed E-state index contributed by atoms with van der Waals surface area (Å²) in [7, 11) is 0. The Kier molecular flexibility index (Phi) is 5.95. The first kappa shape index (κ1) is 17.8. The summed E-state index contributed by atoms with van der Waals surface area (Å²) < 4.78 is 7.66. The van der Waals surface area contributed by atoms with E-state index in [0.717, 1.165) is 55.3 Å². The summed E-state index contributed by atoms with van der Waals surface area (Å²) in [5.41, 5.74) is 1.81. The molecule has 1 aromatic heterocycles. The van der Waals surface area contributed by atoms with Crippen LogP contribution in [0.2, 0.25) is 0 Å². The molecule has 0 atom stereocenters. The van der Waals surface area contributed by atoms with E-state index in [2.05, 4.69) is 39.6 Å². The normalized spacial score (nSPS) is 14.7. The molecule has 7 heteroatoms. The van der Waals surface area contributed by atoms with E-state index in [0.29, 0.717) is 11.5 Å². The fraction of sp³-hybridized carbons (Fsp3) is 0.500. The third kappa shape index (κ3) is 4.53. The number of rotatable bonds is 6. The molecule has 0 N–H and O–H groups in total. The summed E-state index contributed by atoms with van der Waals surface area (Å²) in [6.07, 6.45) is 0. The molecular weight excluding hydrogens is 334 g/mol. The molecule has 0 bridgehead atoms. The van der Waals surface area contributed by atoms with Gasteiger partial charge in [-0.3, -0.25) is 4.57 Å². The molecule has 6 nitrogen and oxygen atoms in total. The van der Waals surface area contributed by atoms with Crippen molar-refractivity contribution in [2.45, 2.75) is 31.3 Å². The van der Waals surface area contributed by atoms with Gasteiger partial charge in [-0.2, -0.15) is 5.26 Å². The van der Waals surface area contributed by atoms with E-state index < -0.39 is 0 Å². The Labute approximate surface area is 152 Å². The van der Waals surface area contributed by atoms with Crippen LogP contribution in [0, 0.1) is 17.2 Å². The molecular formula is C18H23N5OS. The minimum atomic E-state index is 0.511. The van der Waals surface area contributed by atoms with Gasteiger partial charge in [-0.15, -0.1) is 10.2 Å². The summed E-state index contributed by atoms with van der Waals surface area (Å²) >= 11 is 1.67. The quantitative estimate of drug-likeness (QED) is 0.741. The number of nitriles is 1. The van der Waals surface area contributed by atoms with Gasteiger partial charge in [0.05, 0.1) is 24.8 Å². The van der Waals surface area contributed by atoms with Crippen LogP contribution in [0.15, 0.2) is 29.4 Å². The second-order valence-electron chi connectivity index (χ2n) is 6.49. The second kappa shape index (κ2) is 8.37. The standard InChI is InChI=1S/C18H23N5OS/c1-14(2)12-23-17(22-6-8-24-9-7-22)20-21-18(23)25-13-16-5-3-4-15(10-16)11-19/h3-5,10,14H,6-9,12-13H2,1-2H3. The van der Waals surface area contributed by atoms with E-state index in [1.165, 1.54) is 0 Å². The van der Waals surface area contributed by atoms with Crippen LogP contribution in [0.5, 0.6) is 0 Å². The number of morpholine rings is 1. The van der Waals surface area contributed by atoms with E-state index in [1.54, 1.807) is 11.8 Å². The number of thioether (sulfide) groups is 1. The zero-order chi connectivity index (χ0) is 17.6.